The predicted molar refractivity (Wildman–Crippen MR) is 270 cm³/mol. The lowest BCUT2D eigenvalue weighted by Gasteiger charge is -2.21. The Morgan fingerprint density at radius 3 is 1.09 bits per heavy atom. The number of hydrogen-bond acceptors (Lipinski definition) is 4. The fourth-order valence-corrected chi connectivity index (χ4v) is 17.3. The molecule has 308 valence electrons. The summed E-state index contributed by atoms with van der Waals surface area (Å²) in [5.74, 6) is 0. The third kappa shape index (κ3) is 6.46. The third-order valence-corrected chi connectivity index (χ3v) is 21.7. The van der Waals surface area contributed by atoms with Gasteiger partial charge in [0.05, 0.1) is 17.6 Å². The van der Waals surface area contributed by atoms with Crippen LogP contribution < -0.4 is 47.7 Å². The highest BCUT2D eigenvalue weighted by Crippen LogP contribution is 2.47. The van der Waals surface area contributed by atoms with Crippen molar-refractivity contribution >= 4 is 97.2 Å². The Balaban J connectivity index is 1.15. The molecule has 1 atom stereocenters. The van der Waals surface area contributed by atoms with Crippen LogP contribution in [0, 0.1) is 0 Å². The first-order chi connectivity index (χ1) is 31.4. The zero-order chi connectivity index (χ0) is 43.3. The standard InChI is InChI=1S/C56H41N2O3P3/c59-62(44-16-6-1-7-17-44,45-18-8-2-9-19-45)49-30-27-43(28-31-49)58-55-34-32-51(63(60,46-20-10-3-11-21-46)47-22-12-4-13-23-47)37-53(55)54-38-52(33-35-56(54)58)64(61,48-24-14-5-15-25-48)50-29-26-41-39-57-40-42(41)36-50/h1-39H,40H2. The normalized spacial score (nSPS) is 13.5. The van der Waals surface area contributed by atoms with E-state index < -0.39 is 21.4 Å². The van der Waals surface area contributed by atoms with Gasteiger partial charge in [-0.3, -0.25) is 4.99 Å². The first-order valence-electron chi connectivity index (χ1n) is 21.3. The number of hydrogen-bond donors (Lipinski definition) is 0. The summed E-state index contributed by atoms with van der Waals surface area (Å²) in [6.45, 7) is 0.557. The minimum Gasteiger partial charge on any atom is -0.309 e. The molecule has 64 heavy (non-hydrogen) atoms. The summed E-state index contributed by atoms with van der Waals surface area (Å²) in [5.41, 5.74) is 4.77. The third-order valence-electron chi connectivity index (χ3n) is 12.5. The molecule has 0 aliphatic carbocycles. The van der Waals surface area contributed by atoms with E-state index in [1.54, 1.807) is 0 Å². The van der Waals surface area contributed by atoms with Gasteiger partial charge in [0.2, 0.25) is 0 Å². The SMILES string of the molecule is O=P(c1ccccc1)(c1ccccc1)c1ccc(-n2c3ccc(P(=O)(c4ccccc4)c4ccccc4)cc3c3cc(P(=O)(c4ccccc4)c4ccc5c(c4)CN=C5)ccc32)cc1. The molecule has 1 aromatic heterocycles. The van der Waals surface area contributed by atoms with E-state index >= 15 is 13.7 Å². The molecule has 8 heteroatoms. The second-order valence-electron chi connectivity index (χ2n) is 16.1. The summed E-state index contributed by atoms with van der Waals surface area (Å²) in [4.78, 5) is 4.49. The van der Waals surface area contributed by atoms with Crippen molar-refractivity contribution in [2.24, 2.45) is 4.99 Å². The van der Waals surface area contributed by atoms with Crippen molar-refractivity contribution in [3.63, 3.8) is 0 Å². The minimum atomic E-state index is -3.43. The molecule has 9 aromatic carbocycles. The average molecular weight is 883 g/mol. The molecule has 0 N–H and O–H groups in total. The van der Waals surface area contributed by atoms with Gasteiger partial charge in [-0.1, -0.05) is 164 Å². The number of aliphatic imine (C=N–C) groups is 1. The Kier molecular flexibility index (Phi) is 10.0. The van der Waals surface area contributed by atoms with Crippen LogP contribution in [0.3, 0.4) is 0 Å². The Labute approximate surface area is 372 Å². The number of aromatic nitrogens is 1. The van der Waals surface area contributed by atoms with Crippen LogP contribution in [0.1, 0.15) is 11.1 Å². The highest BCUT2D eigenvalue weighted by Gasteiger charge is 2.34. The van der Waals surface area contributed by atoms with E-state index in [2.05, 4.69) is 39.9 Å². The van der Waals surface area contributed by atoms with Crippen LogP contribution in [0.25, 0.3) is 27.5 Å². The summed E-state index contributed by atoms with van der Waals surface area (Å²) < 4.78 is 49.5. The van der Waals surface area contributed by atoms with Gasteiger partial charge in [0, 0.05) is 70.4 Å². The molecule has 1 aliphatic rings. The van der Waals surface area contributed by atoms with Crippen LogP contribution in [-0.2, 0) is 20.2 Å². The molecule has 1 aliphatic heterocycles. The zero-order valence-electron chi connectivity index (χ0n) is 34.7. The summed E-state index contributed by atoms with van der Waals surface area (Å²) >= 11 is 0. The molecule has 11 rings (SSSR count). The Morgan fingerprint density at radius 2 is 0.672 bits per heavy atom. The summed E-state index contributed by atoms with van der Waals surface area (Å²) in [5, 5.41) is 8.42. The second kappa shape index (κ2) is 16.0. The zero-order valence-corrected chi connectivity index (χ0v) is 37.4. The number of nitrogens with zero attached hydrogens (tertiary/aromatic N) is 2. The van der Waals surface area contributed by atoms with Gasteiger partial charge >= 0.3 is 0 Å². The molecule has 0 fully saturated rings. The van der Waals surface area contributed by atoms with Crippen molar-refractivity contribution in [1.82, 2.24) is 4.57 Å². The number of benzene rings is 9. The van der Waals surface area contributed by atoms with Crippen LogP contribution in [-0.4, -0.2) is 10.8 Å². The molecule has 1 unspecified atom stereocenters. The van der Waals surface area contributed by atoms with Crippen LogP contribution in [0.2, 0.25) is 0 Å². The van der Waals surface area contributed by atoms with Crippen molar-refractivity contribution in [2.45, 2.75) is 6.54 Å². The van der Waals surface area contributed by atoms with Crippen molar-refractivity contribution < 1.29 is 13.7 Å². The topological polar surface area (TPSA) is 68.5 Å². The van der Waals surface area contributed by atoms with Gasteiger partial charge in [-0.15, -0.1) is 0 Å². The van der Waals surface area contributed by atoms with E-state index in [1.165, 1.54) is 0 Å². The Morgan fingerprint density at radius 1 is 0.344 bits per heavy atom. The molecule has 0 bridgehead atoms. The van der Waals surface area contributed by atoms with E-state index in [9.17, 15) is 0 Å². The highest BCUT2D eigenvalue weighted by atomic mass is 31.2. The number of fused-ring (bicyclic) bond motifs is 4. The van der Waals surface area contributed by atoms with Gasteiger partial charge in [-0.2, -0.15) is 0 Å². The average Bonchev–Trinajstić information content (AvgIpc) is 3.99. The molecule has 0 saturated heterocycles. The smallest absolute Gasteiger partial charge is 0.171 e. The fourth-order valence-electron chi connectivity index (χ4n) is 9.31. The molecule has 0 spiro atoms. The van der Waals surface area contributed by atoms with E-state index in [-0.39, 0.29) is 0 Å². The second-order valence-corrected chi connectivity index (χ2v) is 24.4. The quantitative estimate of drug-likeness (QED) is 0.129. The summed E-state index contributed by atoms with van der Waals surface area (Å²) in [6.07, 6.45) is 1.88. The highest BCUT2D eigenvalue weighted by molar-refractivity contribution is 7.86. The lowest BCUT2D eigenvalue weighted by Crippen LogP contribution is -2.25. The monoisotopic (exact) mass is 882 g/mol. The summed E-state index contributed by atoms with van der Waals surface area (Å²) in [7, 11) is -10.0. The van der Waals surface area contributed by atoms with Crippen molar-refractivity contribution in [3.8, 4) is 5.69 Å². The van der Waals surface area contributed by atoms with Crippen molar-refractivity contribution in [1.29, 1.82) is 0 Å². The molecule has 10 aromatic rings. The molecular formula is C56H41N2O3P3. The summed E-state index contributed by atoms with van der Waals surface area (Å²) in [6, 6.07) is 74.9. The van der Waals surface area contributed by atoms with Gasteiger partial charge in [0.25, 0.3) is 0 Å². The van der Waals surface area contributed by atoms with E-state index in [0.717, 1.165) is 75.8 Å². The van der Waals surface area contributed by atoms with Crippen LogP contribution >= 0.6 is 21.4 Å². The van der Waals surface area contributed by atoms with Gasteiger partial charge in [0.1, 0.15) is 0 Å². The molecule has 2 heterocycles. The van der Waals surface area contributed by atoms with Crippen LogP contribution in [0.5, 0.6) is 0 Å². The van der Waals surface area contributed by atoms with Crippen LogP contribution in [0.4, 0.5) is 0 Å². The first-order valence-corrected chi connectivity index (χ1v) is 26.4. The van der Waals surface area contributed by atoms with Crippen molar-refractivity contribution in [3.05, 3.63) is 242 Å². The van der Waals surface area contributed by atoms with Crippen molar-refractivity contribution in [2.75, 3.05) is 0 Å². The minimum absolute atomic E-state index is 0.557. The maximum Gasteiger partial charge on any atom is 0.171 e. The largest absolute Gasteiger partial charge is 0.309 e. The predicted octanol–water partition coefficient (Wildman–Crippen LogP) is 9.63. The fraction of sp³-hybridized carbons (Fsp3) is 0.0179. The molecular weight excluding hydrogens is 842 g/mol. The lowest BCUT2D eigenvalue weighted by atomic mass is 10.1. The maximum atomic E-state index is 16.1. The first kappa shape index (κ1) is 40.0. The molecule has 0 radical (unpaired) electrons. The van der Waals surface area contributed by atoms with Crippen LogP contribution in [0.15, 0.2) is 236 Å². The van der Waals surface area contributed by atoms with Gasteiger partial charge in [-0.25, -0.2) is 0 Å². The van der Waals surface area contributed by atoms with Gasteiger partial charge in [-0.05, 0) is 77.9 Å². The Hall–Kier alpha value is -6.86. The van der Waals surface area contributed by atoms with E-state index in [4.69, 9.17) is 0 Å². The molecule has 5 nitrogen and oxygen atoms in total. The molecule has 0 amide bonds. The lowest BCUT2D eigenvalue weighted by molar-refractivity contribution is 0.591. The van der Waals surface area contributed by atoms with Gasteiger partial charge in [0.15, 0.2) is 21.4 Å². The molecule has 0 saturated carbocycles. The van der Waals surface area contributed by atoms with Gasteiger partial charge < -0.3 is 18.3 Å². The number of rotatable bonds is 10. The van der Waals surface area contributed by atoms with E-state index in [1.807, 2.05) is 206 Å². The van der Waals surface area contributed by atoms with E-state index in [0.29, 0.717) is 17.2 Å². The Bertz CT molecular complexity index is 3450. The maximum absolute atomic E-state index is 16.1.